The van der Waals surface area contributed by atoms with Gasteiger partial charge in [0.2, 0.25) is 0 Å². The number of imidazole rings is 1. The summed E-state index contributed by atoms with van der Waals surface area (Å²) >= 11 is 8.29. The van der Waals surface area contributed by atoms with Crippen LogP contribution < -0.4 is 14.4 Å². The average Bonchev–Trinajstić information content (AvgIpc) is 3.31. The molecule has 0 atom stereocenters. The van der Waals surface area contributed by atoms with E-state index >= 15 is 0 Å². The van der Waals surface area contributed by atoms with Gasteiger partial charge in [-0.05, 0) is 17.7 Å². The molecule has 2 aromatic heterocycles. The number of benzene rings is 2. The third-order valence-corrected chi connectivity index (χ3v) is 7.54. The first-order valence-corrected chi connectivity index (χ1v) is 12.5. The summed E-state index contributed by atoms with van der Waals surface area (Å²) in [4.78, 5) is 7.29. The third kappa shape index (κ3) is 4.82. The van der Waals surface area contributed by atoms with Crippen LogP contribution in [0.5, 0.6) is 11.5 Å². The SMILES string of the molecule is COc1cc(OC)c(-c2cn3ccc(N4CCN(SCc5ccccc5)CC4)cc3n2)cc1Cl. The van der Waals surface area contributed by atoms with Gasteiger partial charge in [-0.2, -0.15) is 0 Å². The molecule has 1 fully saturated rings. The number of hydrogen-bond acceptors (Lipinski definition) is 6. The molecule has 34 heavy (non-hydrogen) atoms. The molecule has 1 saturated heterocycles. The Labute approximate surface area is 209 Å². The molecule has 2 aromatic carbocycles. The first-order valence-electron chi connectivity index (χ1n) is 11.2. The number of pyridine rings is 1. The van der Waals surface area contributed by atoms with E-state index < -0.39 is 0 Å². The lowest BCUT2D eigenvalue weighted by Crippen LogP contribution is -2.43. The quantitative estimate of drug-likeness (QED) is 0.310. The number of rotatable bonds is 7. The predicted octanol–water partition coefficient (Wildman–Crippen LogP) is 5.64. The molecule has 1 aliphatic rings. The number of aromatic nitrogens is 2. The zero-order chi connectivity index (χ0) is 23.5. The van der Waals surface area contributed by atoms with Crippen LogP contribution in [0.25, 0.3) is 16.9 Å². The molecule has 0 N–H and O–H groups in total. The van der Waals surface area contributed by atoms with Gasteiger partial charge in [0.25, 0.3) is 0 Å². The van der Waals surface area contributed by atoms with Gasteiger partial charge < -0.3 is 18.8 Å². The second kappa shape index (κ2) is 10.2. The minimum absolute atomic E-state index is 0.527. The van der Waals surface area contributed by atoms with Crippen LogP contribution >= 0.6 is 23.5 Å². The maximum Gasteiger partial charge on any atom is 0.141 e. The summed E-state index contributed by atoms with van der Waals surface area (Å²) < 4.78 is 15.4. The molecule has 5 rings (SSSR count). The van der Waals surface area contributed by atoms with Crippen molar-refractivity contribution in [1.29, 1.82) is 0 Å². The Balaban J connectivity index is 1.29. The van der Waals surface area contributed by atoms with Crippen LogP contribution in [0.1, 0.15) is 5.56 Å². The molecule has 4 aromatic rings. The van der Waals surface area contributed by atoms with Crippen LogP contribution in [0.15, 0.2) is 67.0 Å². The molecule has 0 spiro atoms. The van der Waals surface area contributed by atoms with Crippen molar-refractivity contribution in [1.82, 2.24) is 13.7 Å². The first kappa shape index (κ1) is 22.9. The predicted molar refractivity (Wildman–Crippen MR) is 140 cm³/mol. The maximum atomic E-state index is 6.38. The Kier molecular flexibility index (Phi) is 6.85. The van der Waals surface area contributed by atoms with E-state index in [0.29, 0.717) is 16.5 Å². The summed E-state index contributed by atoms with van der Waals surface area (Å²) in [5, 5.41) is 0.527. The number of halogens is 1. The van der Waals surface area contributed by atoms with E-state index in [2.05, 4.69) is 57.9 Å². The maximum absolute atomic E-state index is 6.38. The Bertz CT molecular complexity index is 1270. The number of nitrogens with zero attached hydrogens (tertiary/aromatic N) is 4. The summed E-state index contributed by atoms with van der Waals surface area (Å²) in [6, 6.07) is 18.6. The van der Waals surface area contributed by atoms with Crippen molar-refractivity contribution >= 4 is 34.9 Å². The molecule has 0 bridgehead atoms. The second-order valence-corrected chi connectivity index (χ2v) is 9.61. The molecular weight excluding hydrogens is 468 g/mol. The Morgan fingerprint density at radius 3 is 2.44 bits per heavy atom. The van der Waals surface area contributed by atoms with Gasteiger partial charge in [-0.3, -0.25) is 0 Å². The molecule has 3 heterocycles. The highest BCUT2D eigenvalue weighted by molar-refractivity contribution is 7.96. The fourth-order valence-corrected chi connectivity index (χ4v) is 5.36. The summed E-state index contributed by atoms with van der Waals surface area (Å²) in [5.74, 6) is 2.27. The Morgan fingerprint density at radius 1 is 0.941 bits per heavy atom. The fraction of sp³-hybridized carbons (Fsp3) is 0.269. The molecule has 0 saturated carbocycles. The normalized spacial score (nSPS) is 14.5. The second-order valence-electron chi connectivity index (χ2n) is 8.14. The van der Waals surface area contributed by atoms with E-state index in [4.69, 9.17) is 26.1 Å². The van der Waals surface area contributed by atoms with Gasteiger partial charge in [0, 0.05) is 67.7 Å². The Morgan fingerprint density at radius 2 is 1.71 bits per heavy atom. The zero-order valence-corrected chi connectivity index (χ0v) is 20.9. The van der Waals surface area contributed by atoms with Crippen molar-refractivity contribution in [2.24, 2.45) is 0 Å². The minimum Gasteiger partial charge on any atom is -0.496 e. The van der Waals surface area contributed by atoms with Gasteiger partial charge >= 0.3 is 0 Å². The smallest absolute Gasteiger partial charge is 0.141 e. The van der Waals surface area contributed by atoms with E-state index in [9.17, 15) is 0 Å². The fourth-order valence-electron chi connectivity index (χ4n) is 4.17. The highest BCUT2D eigenvalue weighted by Gasteiger charge is 2.19. The van der Waals surface area contributed by atoms with E-state index in [1.807, 2.05) is 28.6 Å². The van der Waals surface area contributed by atoms with Gasteiger partial charge in [0.05, 0.1) is 24.9 Å². The molecule has 6 nitrogen and oxygen atoms in total. The molecule has 0 unspecified atom stereocenters. The van der Waals surface area contributed by atoms with Gasteiger partial charge in [-0.15, -0.1) is 0 Å². The van der Waals surface area contributed by atoms with E-state index in [1.54, 1.807) is 20.3 Å². The zero-order valence-electron chi connectivity index (χ0n) is 19.3. The highest BCUT2D eigenvalue weighted by atomic mass is 35.5. The largest absolute Gasteiger partial charge is 0.496 e. The van der Waals surface area contributed by atoms with Crippen molar-refractivity contribution in [3.8, 4) is 22.8 Å². The van der Waals surface area contributed by atoms with E-state index in [1.165, 1.54) is 11.3 Å². The van der Waals surface area contributed by atoms with Gasteiger partial charge in [-0.25, -0.2) is 9.29 Å². The molecular formula is C26H27ClN4O2S. The van der Waals surface area contributed by atoms with Crippen LogP contribution in [0.2, 0.25) is 5.02 Å². The number of methoxy groups -OCH3 is 2. The molecule has 8 heteroatoms. The van der Waals surface area contributed by atoms with Crippen LogP contribution in [0, 0.1) is 0 Å². The topological polar surface area (TPSA) is 42.2 Å². The lowest BCUT2D eigenvalue weighted by atomic mass is 10.1. The highest BCUT2D eigenvalue weighted by Crippen LogP contribution is 2.38. The van der Waals surface area contributed by atoms with Crippen molar-refractivity contribution in [2.75, 3.05) is 45.3 Å². The summed E-state index contributed by atoms with van der Waals surface area (Å²) in [7, 11) is 3.23. The van der Waals surface area contributed by atoms with Crippen LogP contribution in [-0.4, -0.2) is 54.1 Å². The average molecular weight is 495 g/mol. The third-order valence-electron chi connectivity index (χ3n) is 6.05. The molecule has 0 aliphatic carbocycles. The van der Waals surface area contributed by atoms with Crippen LogP contribution in [0.3, 0.4) is 0 Å². The lowest BCUT2D eigenvalue weighted by Gasteiger charge is -2.35. The van der Waals surface area contributed by atoms with Crippen molar-refractivity contribution in [2.45, 2.75) is 5.75 Å². The molecule has 0 radical (unpaired) electrons. The number of piperazine rings is 1. The van der Waals surface area contributed by atoms with E-state index in [-0.39, 0.29) is 0 Å². The standard InChI is InChI=1S/C26H27ClN4O2S/c1-32-24-16-25(33-2)22(27)15-21(24)23-17-30-9-8-20(14-26(30)28-23)29-10-12-31(13-11-29)34-18-19-6-4-3-5-7-19/h3-9,14-17H,10-13,18H2,1-2H3. The monoisotopic (exact) mass is 494 g/mol. The van der Waals surface area contributed by atoms with Gasteiger partial charge in [0.15, 0.2) is 0 Å². The first-order chi connectivity index (χ1) is 16.6. The molecule has 1 aliphatic heterocycles. The van der Waals surface area contributed by atoms with Crippen LogP contribution in [-0.2, 0) is 5.75 Å². The Hall–Kier alpha value is -2.87. The van der Waals surface area contributed by atoms with Gasteiger partial charge in [-0.1, -0.05) is 53.9 Å². The van der Waals surface area contributed by atoms with Crippen LogP contribution in [0.4, 0.5) is 5.69 Å². The minimum atomic E-state index is 0.527. The molecule has 0 amide bonds. The number of hydrogen-bond donors (Lipinski definition) is 0. The summed E-state index contributed by atoms with van der Waals surface area (Å²) in [5.41, 5.74) is 5.09. The number of anilines is 1. The summed E-state index contributed by atoms with van der Waals surface area (Å²) in [6.07, 6.45) is 4.06. The van der Waals surface area contributed by atoms with Crippen molar-refractivity contribution < 1.29 is 9.47 Å². The van der Waals surface area contributed by atoms with E-state index in [0.717, 1.165) is 48.8 Å². The number of ether oxygens (including phenoxy) is 2. The summed E-state index contributed by atoms with van der Waals surface area (Å²) in [6.45, 7) is 4.05. The molecule has 176 valence electrons. The lowest BCUT2D eigenvalue weighted by molar-refractivity contribution is 0.395. The van der Waals surface area contributed by atoms with Crippen molar-refractivity contribution in [3.05, 3.63) is 77.6 Å². The number of fused-ring (bicyclic) bond motifs is 1. The van der Waals surface area contributed by atoms with Crippen molar-refractivity contribution in [3.63, 3.8) is 0 Å². The van der Waals surface area contributed by atoms with Gasteiger partial charge in [0.1, 0.15) is 17.1 Å².